The molecule has 0 spiro atoms. The molecule has 1 amide bonds. The third-order valence-electron chi connectivity index (χ3n) is 4.04. The van der Waals surface area contributed by atoms with Crippen LogP contribution in [0.2, 0.25) is 0 Å². The number of hydrogen-bond donors (Lipinski definition) is 2. The zero-order chi connectivity index (χ0) is 14.5. The van der Waals surface area contributed by atoms with E-state index in [1.165, 1.54) is 12.0 Å². The molecule has 1 fully saturated rings. The minimum Gasteiger partial charge on any atom is -0.354 e. The molecule has 1 aromatic carbocycles. The summed E-state index contributed by atoms with van der Waals surface area (Å²) in [6, 6.07) is 10.2. The maximum atomic E-state index is 12.1. The Labute approximate surface area is 125 Å². The molecule has 1 saturated heterocycles. The first-order valence-electron chi connectivity index (χ1n) is 7.68. The van der Waals surface area contributed by atoms with Gasteiger partial charge in [0.05, 0.1) is 11.6 Å². The van der Waals surface area contributed by atoms with Crippen molar-refractivity contribution in [1.82, 2.24) is 15.6 Å². The third-order valence-corrected chi connectivity index (χ3v) is 4.04. The highest BCUT2D eigenvalue weighted by molar-refractivity contribution is 5.83. The molecule has 0 unspecified atom stereocenters. The van der Waals surface area contributed by atoms with Gasteiger partial charge >= 0.3 is 0 Å². The smallest absolute Gasteiger partial charge is 0.237 e. The average molecular weight is 283 g/mol. The Bertz CT molecular complexity index is 615. The Morgan fingerprint density at radius 2 is 2.19 bits per heavy atom. The summed E-state index contributed by atoms with van der Waals surface area (Å²) in [5.74, 6) is 0.128. The van der Waals surface area contributed by atoms with E-state index < -0.39 is 0 Å². The standard InChI is InChI=1S/C17H21N3O/c21-17(15-8-1-2-10-18-15)20-12-9-14-6-3-5-13-7-4-11-19-16(13)14/h3-7,11,15,18H,1-2,8-10,12H2,(H,20,21)/t15-/m0/s1. The number of rotatable bonds is 4. The molecule has 4 nitrogen and oxygen atoms in total. The Morgan fingerprint density at radius 3 is 3.05 bits per heavy atom. The topological polar surface area (TPSA) is 54.0 Å². The number of pyridine rings is 1. The quantitative estimate of drug-likeness (QED) is 0.903. The minimum atomic E-state index is -0.00982. The molecule has 1 aromatic heterocycles. The molecule has 21 heavy (non-hydrogen) atoms. The molecule has 1 aliphatic heterocycles. The van der Waals surface area contributed by atoms with Gasteiger partial charge in [-0.25, -0.2) is 0 Å². The summed E-state index contributed by atoms with van der Waals surface area (Å²) in [5, 5.41) is 7.46. The maximum absolute atomic E-state index is 12.1. The first kappa shape index (κ1) is 14.0. The van der Waals surface area contributed by atoms with Crippen molar-refractivity contribution >= 4 is 16.8 Å². The molecule has 0 bridgehead atoms. The van der Waals surface area contributed by atoms with Gasteiger partial charge in [0.15, 0.2) is 0 Å². The highest BCUT2D eigenvalue weighted by Crippen LogP contribution is 2.16. The third kappa shape index (κ3) is 3.39. The van der Waals surface area contributed by atoms with Crippen LogP contribution in [0, 0.1) is 0 Å². The Balaban J connectivity index is 1.58. The van der Waals surface area contributed by atoms with Crippen LogP contribution in [0.1, 0.15) is 24.8 Å². The van der Waals surface area contributed by atoms with E-state index in [-0.39, 0.29) is 11.9 Å². The lowest BCUT2D eigenvalue weighted by Crippen LogP contribution is -2.47. The molecule has 1 atom stereocenters. The molecular weight excluding hydrogens is 262 g/mol. The zero-order valence-electron chi connectivity index (χ0n) is 12.1. The Hall–Kier alpha value is -1.94. The van der Waals surface area contributed by atoms with Gasteiger partial charge < -0.3 is 10.6 Å². The van der Waals surface area contributed by atoms with E-state index in [0.717, 1.165) is 36.7 Å². The van der Waals surface area contributed by atoms with Gasteiger partial charge in [0, 0.05) is 18.1 Å². The number of aromatic nitrogens is 1. The predicted octanol–water partition coefficient (Wildman–Crippen LogP) is 2.04. The number of benzene rings is 1. The van der Waals surface area contributed by atoms with Crippen LogP contribution in [0.3, 0.4) is 0 Å². The number of carbonyl (C=O) groups is 1. The van der Waals surface area contributed by atoms with Gasteiger partial charge in [-0.05, 0) is 37.4 Å². The first-order valence-corrected chi connectivity index (χ1v) is 7.68. The molecule has 0 radical (unpaired) electrons. The second-order valence-electron chi connectivity index (χ2n) is 5.54. The fourth-order valence-electron chi connectivity index (χ4n) is 2.89. The summed E-state index contributed by atoms with van der Waals surface area (Å²) in [4.78, 5) is 16.5. The molecule has 2 heterocycles. The number of hydrogen-bond acceptors (Lipinski definition) is 3. The number of amides is 1. The monoisotopic (exact) mass is 283 g/mol. The number of nitrogens with one attached hydrogen (secondary N) is 2. The number of fused-ring (bicyclic) bond motifs is 1. The molecule has 2 aromatic rings. The minimum absolute atomic E-state index is 0.00982. The van der Waals surface area contributed by atoms with Gasteiger partial charge in [-0.15, -0.1) is 0 Å². The van der Waals surface area contributed by atoms with Crippen molar-refractivity contribution in [3.05, 3.63) is 42.1 Å². The molecule has 4 heteroatoms. The SMILES string of the molecule is O=C(NCCc1cccc2cccnc12)[C@@H]1CCCCN1. The second kappa shape index (κ2) is 6.68. The van der Waals surface area contributed by atoms with Crippen LogP contribution in [-0.4, -0.2) is 30.0 Å². The van der Waals surface area contributed by atoms with Gasteiger partial charge in [0.1, 0.15) is 0 Å². The van der Waals surface area contributed by atoms with Gasteiger partial charge in [0.25, 0.3) is 0 Å². The van der Waals surface area contributed by atoms with E-state index in [9.17, 15) is 4.79 Å². The summed E-state index contributed by atoms with van der Waals surface area (Å²) < 4.78 is 0. The lowest BCUT2D eigenvalue weighted by Gasteiger charge is -2.22. The van der Waals surface area contributed by atoms with Crippen LogP contribution in [0.4, 0.5) is 0 Å². The molecular formula is C17H21N3O. The van der Waals surface area contributed by atoms with Crippen molar-refractivity contribution in [1.29, 1.82) is 0 Å². The highest BCUT2D eigenvalue weighted by Gasteiger charge is 2.19. The van der Waals surface area contributed by atoms with Crippen molar-refractivity contribution in [3.8, 4) is 0 Å². The summed E-state index contributed by atoms with van der Waals surface area (Å²) in [5.41, 5.74) is 2.22. The van der Waals surface area contributed by atoms with E-state index in [1.54, 1.807) is 0 Å². The van der Waals surface area contributed by atoms with Gasteiger partial charge in [-0.3, -0.25) is 9.78 Å². The zero-order valence-corrected chi connectivity index (χ0v) is 12.1. The van der Waals surface area contributed by atoms with Crippen LogP contribution < -0.4 is 10.6 Å². The Kier molecular flexibility index (Phi) is 4.46. The van der Waals surface area contributed by atoms with Crippen LogP contribution in [0.25, 0.3) is 10.9 Å². The van der Waals surface area contributed by atoms with Crippen molar-refractivity contribution in [2.75, 3.05) is 13.1 Å². The lowest BCUT2D eigenvalue weighted by molar-refractivity contribution is -0.123. The van der Waals surface area contributed by atoms with Gasteiger partial charge in [-0.1, -0.05) is 30.7 Å². The van der Waals surface area contributed by atoms with E-state index in [2.05, 4.69) is 33.8 Å². The summed E-state index contributed by atoms with van der Waals surface area (Å²) >= 11 is 0. The van der Waals surface area contributed by atoms with E-state index >= 15 is 0 Å². The van der Waals surface area contributed by atoms with Crippen LogP contribution in [0.15, 0.2) is 36.5 Å². The maximum Gasteiger partial charge on any atom is 0.237 e. The van der Waals surface area contributed by atoms with E-state index in [0.29, 0.717) is 6.54 Å². The van der Waals surface area contributed by atoms with Crippen LogP contribution >= 0.6 is 0 Å². The van der Waals surface area contributed by atoms with Crippen LogP contribution in [0.5, 0.6) is 0 Å². The second-order valence-corrected chi connectivity index (χ2v) is 5.54. The fraction of sp³-hybridized carbons (Fsp3) is 0.412. The number of piperidine rings is 1. The first-order chi connectivity index (χ1) is 10.3. The van der Waals surface area contributed by atoms with Gasteiger partial charge in [-0.2, -0.15) is 0 Å². The normalized spacial score (nSPS) is 18.6. The van der Waals surface area contributed by atoms with Crippen LogP contribution in [-0.2, 0) is 11.2 Å². The number of para-hydroxylation sites is 1. The average Bonchev–Trinajstić information content (AvgIpc) is 2.56. The molecule has 110 valence electrons. The predicted molar refractivity (Wildman–Crippen MR) is 84.1 cm³/mol. The van der Waals surface area contributed by atoms with E-state index in [4.69, 9.17) is 0 Å². The van der Waals surface area contributed by atoms with Crippen molar-refractivity contribution in [3.63, 3.8) is 0 Å². The highest BCUT2D eigenvalue weighted by atomic mass is 16.2. The number of nitrogens with zero attached hydrogens (tertiary/aromatic N) is 1. The molecule has 0 aliphatic carbocycles. The van der Waals surface area contributed by atoms with E-state index in [1.807, 2.05) is 18.3 Å². The lowest BCUT2D eigenvalue weighted by atomic mass is 10.0. The number of carbonyl (C=O) groups excluding carboxylic acids is 1. The molecule has 3 rings (SSSR count). The Morgan fingerprint density at radius 1 is 1.29 bits per heavy atom. The largest absolute Gasteiger partial charge is 0.354 e. The fourth-order valence-corrected chi connectivity index (χ4v) is 2.89. The summed E-state index contributed by atoms with van der Waals surface area (Å²) in [6.07, 6.45) is 5.88. The molecule has 1 aliphatic rings. The molecule has 2 N–H and O–H groups in total. The van der Waals surface area contributed by atoms with Crippen molar-refractivity contribution < 1.29 is 4.79 Å². The van der Waals surface area contributed by atoms with Crippen molar-refractivity contribution in [2.45, 2.75) is 31.7 Å². The molecule has 0 saturated carbocycles. The summed E-state index contributed by atoms with van der Waals surface area (Å²) in [6.45, 7) is 1.61. The van der Waals surface area contributed by atoms with Gasteiger partial charge in [0.2, 0.25) is 5.91 Å². The van der Waals surface area contributed by atoms with Crippen molar-refractivity contribution in [2.24, 2.45) is 0 Å². The summed E-state index contributed by atoms with van der Waals surface area (Å²) in [7, 11) is 0.